The summed E-state index contributed by atoms with van der Waals surface area (Å²) in [6.07, 6.45) is 2.26. The van der Waals surface area contributed by atoms with Gasteiger partial charge < -0.3 is 10.6 Å². The Morgan fingerprint density at radius 2 is 1.89 bits per heavy atom. The molecule has 2 N–H and O–H groups in total. The molecule has 0 bridgehead atoms. The summed E-state index contributed by atoms with van der Waals surface area (Å²) in [5.41, 5.74) is 4.30. The van der Waals surface area contributed by atoms with Crippen LogP contribution >= 0.6 is 0 Å². The molecule has 4 rings (SSSR count). The maximum absolute atomic E-state index is 12.5. The van der Waals surface area contributed by atoms with E-state index in [2.05, 4.69) is 45.2 Å². The van der Waals surface area contributed by atoms with Gasteiger partial charge in [0, 0.05) is 12.6 Å². The molecule has 138 valence electrons. The average molecular weight is 361 g/mol. The Morgan fingerprint density at radius 1 is 1.15 bits per heavy atom. The average Bonchev–Trinajstić information content (AvgIpc) is 3.37. The summed E-state index contributed by atoms with van der Waals surface area (Å²) in [6.45, 7) is 3.51. The molecule has 1 unspecified atom stereocenters. The Bertz CT molecular complexity index is 912. The van der Waals surface area contributed by atoms with Crippen molar-refractivity contribution in [2.24, 2.45) is 0 Å². The van der Waals surface area contributed by atoms with Crippen LogP contribution in [0.25, 0.3) is 16.8 Å². The molecule has 1 amide bonds. The summed E-state index contributed by atoms with van der Waals surface area (Å²) in [4.78, 5) is 12.5. The molecular weight excluding hydrogens is 338 g/mol. The molecule has 0 spiro atoms. The van der Waals surface area contributed by atoms with Gasteiger partial charge in [-0.1, -0.05) is 47.7 Å². The quantitative estimate of drug-likeness (QED) is 0.733. The van der Waals surface area contributed by atoms with Crippen molar-refractivity contribution in [3.63, 3.8) is 0 Å². The number of hydrogen-bond donors (Lipinski definition) is 2. The number of rotatable bonds is 5. The zero-order valence-corrected chi connectivity index (χ0v) is 15.4. The summed E-state index contributed by atoms with van der Waals surface area (Å²) in [5, 5.41) is 14.6. The number of nitrogens with zero attached hydrogens (tertiary/aromatic N) is 3. The zero-order valence-electron chi connectivity index (χ0n) is 15.4. The van der Waals surface area contributed by atoms with Crippen molar-refractivity contribution in [1.29, 1.82) is 0 Å². The van der Waals surface area contributed by atoms with Gasteiger partial charge in [0.2, 0.25) is 0 Å². The van der Waals surface area contributed by atoms with Crippen molar-refractivity contribution in [1.82, 2.24) is 25.6 Å². The number of nitrogens with one attached hydrogen (secondary N) is 2. The summed E-state index contributed by atoms with van der Waals surface area (Å²) < 4.78 is 1.71. The van der Waals surface area contributed by atoms with Crippen LogP contribution in [0, 0.1) is 6.92 Å². The highest BCUT2D eigenvalue weighted by Crippen LogP contribution is 2.21. The van der Waals surface area contributed by atoms with Gasteiger partial charge in [-0.2, -0.15) is 0 Å². The highest BCUT2D eigenvalue weighted by molar-refractivity contribution is 5.93. The molecule has 1 fully saturated rings. The van der Waals surface area contributed by atoms with E-state index in [4.69, 9.17) is 0 Å². The molecule has 0 radical (unpaired) electrons. The second kappa shape index (κ2) is 7.72. The van der Waals surface area contributed by atoms with E-state index in [9.17, 15) is 4.79 Å². The standard InChI is InChI=1S/C21H23N5O/c1-15-20(21(27)23-14-18-8-5-13-22-18)24-25-26(15)19-11-9-17(10-12-19)16-6-3-2-4-7-16/h2-4,6-7,9-12,18,22H,5,8,13-14H2,1H3,(H,23,27). The lowest BCUT2D eigenvalue weighted by Gasteiger charge is -2.10. The van der Waals surface area contributed by atoms with Gasteiger partial charge in [0.25, 0.3) is 5.91 Å². The van der Waals surface area contributed by atoms with E-state index >= 15 is 0 Å². The molecule has 1 atom stereocenters. The van der Waals surface area contributed by atoms with E-state index in [1.54, 1.807) is 4.68 Å². The van der Waals surface area contributed by atoms with Crippen molar-refractivity contribution in [3.8, 4) is 16.8 Å². The monoisotopic (exact) mass is 361 g/mol. The molecule has 1 aromatic heterocycles. The molecule has 2 aromatic carbocycles. The Hall–Kier alpha value is -2.99. The molecule has 0 aliphatic carbocycles. The van der Waals surface area contributed by atoms with Crippen molar-refractivity contribution in [3.05, 3.63) is 66.0 Å². The van der Waals surface area contributed by atoms with E-state index in [1.807, 2.05) is 37.3 Å². The van der Waals surface area contributed by atoms with E-state index in [-0.39, 0.29) is 5.91 Å². The molecule has 6 heteroatoms. The Labute approximate surface area is 158 Å². The second-order valence-electron chi connectivity index (χ2n) is 6.85. The minimum atomic E-state index is -0.173. The number of carbonyl (C=O) groups excluding carboxylic acids is 1. The lowest BCUT2D eigenvalue weighted by Crippen LogP contribution is -2.37. The van der Waals surface area contributed by atoms with Crippen molar-refractivity contribution < 1.29 is 4.79 Å². The maximum atomic E-state index is 12.5. The summed E-state index contributed by atoms with van der Waals surface area (Å²) >= 11 is 0. The fraction of sp³-hybridized carbons (Fsp3) is 0.286. The van der Waals surface area contributed by atoms with E-state index in [0.717, 1.165) is 36.3 Å². The Kier molecular flexibility index (Phi) is 4.98. The van der Waals surface area contributed by atoms with Crippen LogP contribution in [0.4, 0.5) is 0 Å². The van der Waals surface area contributed by atoms with Gasteiger partial charge in [-0.05, 0) is 49.6 Å². The first-order valence-corrected chi connectivity index (χ1v) is 9.32. The number of hydrogen-bond acceptors (Lipinski definition) is 4. The van der Waals surface area contributed by atoms with Gasteiger partial charge >= 0.3 is 0 Å². The van der Waals surface area contributed by atoms with Crippen LogP contribution in [-0.4, -0.2) is 40.0 Å². The van der Waals surface area contributed by atoms with Crippen LogP contribution in [0.1, 0.15) is 29.0 Å². The van der Waals surface area contributed by atoms with Crippen molar-refractivity contribution in [2.45, 2.75) is 25.8 Å². The smallest absolute Gasteiger partial charge is 0.273 e. The topological polar surface area (TPSA) is 71.8 Å². The largest absolute Gasteiger partial charge is 0.349 e. The summed E-state index contributed by atoms with van der Waals surface area (Å²) in [6, 6.07) is 18.7. The predicted octanol–water partition coefficient (Wildman–Crippen LogP) is 2.72. The SMILES string of the molecule is Cc1c(C(=O)NCC2CCCN2)nnn1-c1ccc(-c2ccccc2)cc1. The Morgan fingerprint density at radius 3 is 2.59 bits per heavy atom. The first-order chi connectivity index (χ1) is 13.2. The Balaban J connectivity index is 1.49. The predicted molar refractivity (Wildman–Crippen MR) is 105 cm³/mol. The molecule has 2 heterocycles. The minimum absolute atomic E-state index is 0.173. The summed E-state index contributed by atoms with van der Waals surface area (Å²) in [5.74, 6) is -0.173. The second-order valence-corrected chi connectivity index (χ2v) is 6.85. The number of benzene rings is 2. The normalized spacial score (nSPS) is 16.4. The molecule has 1 aliphatic heterocycles. The third kappa shape index (κ3) is 3.75. The van der Waals surface area contributed by atoms with Crippen LogP contribution in [0.3, 0.4) is 0 Å². The van der Waals surface area contributed by atoms with Gasteiger partial charge in [0.05, 0.1) is 11.4 Å². The third-order valence-corrected chi connectivity index (χ3v) is 5.00. The van der Waals surface area contributed by atoms with Gasteiger partial charge in [-0.25, -0.2) is 4.68 Å². The van der Waals surface area contributed by atoms with Crippen LogP contribution < -0.4 is 10.6 Å². The zero-order chi connectivity index (χ0) is 18.6. The highest BCUT2D eigenvalue weighted by atomic mass is 16.2. The molecule has 0 saturated carbocycles. The van der Waals surface area contributed by atoms with Gasteiger partial charge in [-0.15, -0.1) is 5.10 Å². The van der Waals surface area contributed by atoms with Crippen LogP contribution in [0.5, 0.6) is 0 Å². The minimum Gasteiger partial charge on any atom is -0.349 e. The maximum Gasteiger partial charge on any atom is 0.273 e. The molecular formula is C21H23N5O. The van der Waals surface area contributed by atoms with E-state index in [1.165, 1.54) is 5.56 Å². The molecule has 6 nitrogen and oxygen atoms in total. The molecule has 1 saturated heterocycles. The van der Waals surface area contributed by atoms with Crippen molar-refractivity contribution in [2.75, 3.05) is 13.1 Å². The van der Waals surface area contributed by atoms with Gasteiger partial charge in [0.15, 0.2) is 5.69 Å². The van der Waals surface area contributed by atoms with Crippen molar-refractivity contribution >= 4 is 5.91 Å². The number of aromatic nitrogens is 3. The third-order valence-electron chi connectivity index (χ3n) is 5.00. The first kappa shape index (κ1) is 17.4. The fourth-order valence-corrected chi connectivity index (χ4v) is 3.44. The molecule has 3 aromatic rings. The fourth-order valence-electron chi connectivity index (χ4n) is 3.44. The van der Waals surface area contributed by atoms with Crippen LogP contribution in [0.15, 0.2) is 54.6 Å². The van der Waals surface area contributed by atoms with Gasteiger partial charge in [0.1, 0.15) is 0 Å². The van der Waals surface area contributed by atoms with Gasteiger partial charge in [-0.3, -0.25) is 4.79 Å². The highest BCUT2D eigenvalue weighted by Gasteiger charge is 2.20. The van der Waals surface area contributed by atoms with Crippen LogP contribution in [0.2, 0.25) is 0 Å². The van der Waals surface area contributed by atoms with E-state index in [0.29, 0.717) is 18.3 Å². The first-order valence-electron chi connectivity index (χ1n) is 9.32. The molecule has 1 aliphatic rings. The molecule has 27 heavy (non-hydrogen) atoms. The lowest BCUT2D eigenvalue weighted by molar-refractivity contribution is 0.0944. The lowest BCUT2D eigenvalue weighted by atomic mass is 10.1. The van der Waals surface area contributed by atoms with Crippen LogP contribution in [-0.2, 0) is 0 Å². The summed E-state index contributed by atoms with van der Waals surface area (Å²) in [7, 11) is 0. The number of carbonyl (C=O) groups is 1. The van der Waals surface area contributed by atoms with E-state index < -0.39 is 0 Å². The number of amides is 1.